The van der Waals surface area contributed by atoms with Gasteiger partial charge in [0, 0.05) is 34.7 Å². The van der Waals surface area contributed by atoms with Crippen LogP contribution in [0.5, 0.6) is 11.5 Å². The third-order valence-electron chi connectivity index (χ3n) is 4.28. The highest BCUT2D eigenvalue weighted by Gasteiger charge is 2.16. The van der Waals surface area contributed by atoms with Crippen LogP contribution in [-0.2, 0) is 13.2 Å². The first-order valence-electron chi connectivity index (χ1n) is 9.29. The Hall–Kier alpha value is -2.82. The molecule has 0 aliphatic carbocycles. The molecule has 3 rings (SSSR count). The van der Waals surface area contributed by atoms with Gasteiger partial charge in [0.15, 0.2) is 11.5 Å². The Morgan fingerprint density at radius 1 is 1.26 bits per heavy atom. The van der Waals surface area contributed by atoms with Crippen molar-refractivity contribution in [2.24, 2.45) is 0 Å². The number of rotatable bonds is 10. The first-order valence-corrected chi connectivity index (χ1v) is 10.5. The maximum absolute atomic E-state index is 12.0. The van der Waals surface area contributed by atoms with Gasteiger partial charge in [-0.3, -0.25) is 4.79 Å². The Labute approximate surface area is 192 Å². The van der Waals surface area contributed by atoms with Gasteiger partial charge in [0.1, 0.15) is 6.61 Å². The summed E-state index contributed by atoms with van der Waals surface area (Å²) in [7, 11) is 1.59. The molecule has 0 aliphatic heterocycles. The van der Waals surface area contributed by atoms with Crippen LogP contribution < -0.4 is 25.8 Å². The fourth-order valence-corrected chi connectivity index (χ4v) is 3.43. The van der Waals surface area contributed by atoms with Crippen LogP contribution in [0.4, 0.5) is 5.82 Å². The number of aromatic nitrogens is 2. The molecule has 0 fully saturated rings. The van der Waals surface area contributed by atoms with Crippen LogP contribution in [0.3, 0.4) is 0 Å². The summed E-state index contributed by atoms with van der Waals surface area (Å²) >= 11 is 9.63. The molecule has 0 radical (unpaired) electrons. The average Bonchev–Trinajstić information content (AvgIpc) is 3.19. The number of halogens is 2. The smallest absolute Gasteiger partial charge is 0.277 e. The minimum atomic E-state index is -0.450. The summed E-state index contributed by atoms with van der Waals surface area (Å²) in [6.45, 7) is 1.66. The second-order valence-electron chi connectivity index (χ2n) is 6.41. The van der Waals surface area contributed by atoms with E-state index in [1.165, 1.54) is 0 Å². The lowest BCUT2D eigenvalue weighted by atomic mass is 10.1. The van der Waals surface area contributed by atoms with Gasteiger partial charge >= 0.3 is 0 Å². The molecular formula is C20H21BrClN5O4. The van der Waals surface area contributed by atoms with Crippen LogP contribution in [0.1, 0.15) is 21.6 Å². The number of anilines is 1. The van der Waals surface area contributed by atoms with Gasteiger partial charge in [0.25, 0.3) is 5.91 Å². The van der Waals surface area contributed by atoms with Crippen molar-refractivity contribution in [3.63, 3.8) is 0 Å². The van der Waals surface area contributed by atoms with E-state index >= 15 is 0 Å². The van der Waals surface area contributed by atoms with E-state index in [4.69, 9.17) is 26.8 Å². The molecule has 0 saturated carbocycles. The van der Waals surface area contributed by atoms with E-state index < -0.39 is 5.91 Å². The summed E-state index contributed by atoms with van der Waals surface area (Å²) < 4.78 is 16.8. The number of nitrogens with one attached hydrogen (secondary N) is 2. The van der Waals surface area contributed by atoms with Crippen LogP contribution in [-0.4, -0.2) is 36.4 Å². The topological polar surface area (TPSA) is 125 Å². The normalized spacial score (nSPS) is 10.7. The summed E-state index contributed by atoms with van der Waals surface area (Å²) in [6.07, 6.45) is 0. The number of methoxy groups -OCH3 is 1. The van der Waals surface area contributed by atoms with Crippen LogP contribution in [0.25, 0.3) is 0 Å². The van der Waals surface area contributed by atoms with Crippen molar-refractivity contribution in [1.82, 2.24) is 20.9 Å². The third-order valence-corrected chi connectivity index (χ3v) is 5.26. The molecule has 11 heteroatoms. The summed E-state index contributed by atoms with van der Waals surface area (Å²) in [4.78, 5) is 12.0. The molecule has 164 valence electrons. The number of nitrogen functional groups attached to an aromatic ring is 1. The second-order valence-corrected chi connectivity index (χ2v) is 7.70. The van der Waals surface area contributed by atoms with Gasteiger partial charge in [-0.05, 0) is 40.1 Å². The summed E-state index contributed by atoms with van der Waals surface area (Å²) in [5.74, 6) is 0.736. The number of benzene rings is 2. The van der Waals surface area contributed by atoms with E-state index in [1.54, 1.807) is 7.11 Å². The zero-order valence-electron chi connectivity index (χ0n) is 16.7. The third kappa shape index (κ3) is 6.09. The second kappa shape index (κ2) is 11.0. The van der Waals surface area contributed by atoms with Crippen molar-refractivity contribution in [3.8, 4) is 11.5 Å². The van der Waals surface area contributed by atoms with E-state index in [-0.39, 0.29) is 11.5 Å². The first-order chi connectivity index (χ1) is 15.0. The number of ether oxygens (including phenoxy) is 2. The molecule has 31 heavy (non-hydrogen) atoms. The van der Waals surface area contributed by atoms with Crippen molar-refractivity contribution in [2.45, 2.75) is 13.2 Å². The Morgan fingerprint density at radius 2 is 2.10 bits per heavy atom. The van der Waals surface area contributed by atoms with Gasteiger partial charge < -0.3 is 25.8 Å². The highest BCUT2D eigenvalue weighted by molar-refractivity contribution is 9.10. The summed E-state index contributed by atoms with van der Waals surface area (Å²) in [5, 5.41) is 13.4. The summed E-state index contributed by atoms with van der Waals surface area (Å²) in [5.41, 5.74) is 7.30. The van der Waals surface area contributed by atoms with Crippen molar-refractivity contribution in [2.75, 3.05) is 25.9 Å². The predicted molar refractivity (Wildman–Crippen MR) is 119 cm³/mol. The molecule has 1 amide bonds. The molecule has 0 aliphatic rings. The van der Waals surface area contributed by atoms with Crippen molar-refractivity contribution >= 4 is 39.3 Å². The molecule has 1 aromatic heterocycles. The number of nitrogens with two attached hydrogens (primary N) is 1. The molecule has 3 aromatic rings. The molecule has 2 aromatic carbocycles. The number of nitrogens with zero attached hydrogens (tertiary/aromatic N) is 2. The van der Waals surface area contributed by atoms with Gasteiger partial charge in [-0.2, -0.15) is 0 Å². The molecule has 0 bridgehead atoms. The largest absolute Gasteiger partial charge is 0.493 e. The maximum atomic E-state index is 12.0. The van der Waals surface area contributed by atoms with Gasteiger partial charge in [-0.25, -0.2) is 4.63 Å². The number of hydrogen-bond donors (Lipinski definition) is 3. The zero-order chi connectivity index (χ0) is 22.2. The van der Waals surface area contributed by atoms with Crippen molar-refractivity contribution < 1.29 is 18.9 Å². The van der Waals surface area contributed by atoms with Crippen molar-refractivity contribution in [1.29, 1.82) is 0 Å². The highest BCUT2D eigenvalue weighted by Crippen LogP contribution is 2.36. The maximum Gasteiger partial charge on any atom is 0.277 e. The molecule has 0 unspecified atom stereocenters. The predicted octanol–water partition coefficient (Wildman–Crippen LogP) is 3.17. The number of carbonyl (C=O) groups is 1. The zero-order valence-corrected chi connectivity index (χ0v) is 19.0. The first kappa shape index (κ1) is 22.9. The molecule has 0 atom stereocenters. The SMILES string of the molecule is COc1ccc(Br)c(CNCCNC(=O)c2nonc2N)c1OCc1cccc(Cl)c1. The van der Waals surface area contributed by atoms with E-state index in [9.17, 15) is 4.79 Å². The molecule has 4 N–H and O–H groups in total. The van der Waals surface area contributed by atoms with Crippen LogP contribution in [0, 0.1) is 0 Å². The Morgan fingerprint density at radius 3 is 2.81 bits per heavy atom. The standard InChI is InChI=1S/C20H21BrClN5O4/c1-29-16-6-5-15(21)14(18(16)30-11-12-3-2-4-13(22)9-12)10-24-7-8-25-20(28)17-19(23)27-31-26-17/h2-6,9,24H,7-8,10-11H2,1H3,(H2,23,27)(H,25,28). The number of amides is 1. The van der Waals surface area contributed by atoms with Crippen LogP contribution >= 0.6 is 27.5 Å². The number of hydrogen-bond acceptors (Lipinski definition) is 8. The Kier molecular flexibility index (Phi) is 8.10. The van der Waals surface area contributed by atoms with Gasteiger partial charge in [0.2, 0.25) is 11.5 Å². The van der Waals surface area contributed by atoms with Gasteiger partial charge in [0.05, 0.1) is 7.11 Å². The van der Waals surface area contributed by atoms with Gasteiger partial charge in [-0.15, -0.1) is 0 Å². The Bertz CT molecular complexity index is 1050. The minimum absolute atomic E-state index is 0.0350. The van der Waals surface area contributed by atoms with E-state index in [0.717, 1.165) is 15.6 Å². The lowest BCUT2D eigenvalue weighted by Crippen LogP contribution is -2.32. The summed E-state index contributed by atoms with van der Waals surface area (Å²) in [6, 6.07) is 11.2. The number of carbonyl (C=O) groups excluding carboxylic acids is 1. The molecule has 1 heterocycles. The quantitative estimate of drug-likeness (QED) is 0.355. The van der Waals surface area contributed by atoms with E-state index in [0.29, 0.717) is 42.8 Å². The molecule has 0 saturated heterocycles. The average molecular weight is 511 g/mol. The fourth-order valence-electron chi connectivity index (χ4n) is 2.76. The minimum Gasteiger partial charge on any atom is -0.493 e. The Balaban J connectivity index is 1.59. The van der Waals surface area contributed by atoms with Gasteiger partial charge in [-0.1, -0.05) is 39.7 Å². The monoisotopic (exact) mass is 509 g/mol. The fraction of sp³-hybridized carbons (Fsp3) is 0.250. The van der Waals surface area contributed by atoms with E-state index in [2.05, 4.69) is 41.5 Å². The molecule has 0 spiro atoms. The molecular weight excluding hydrogens is 490 g/mol. The lowest BCUT2D eigenvalue weighted by molar-refractivity contribution is 0.0944. The van der Waals surface area contributed by atoms with Crippen LogP contribution in [0.15, 0.2) is 45.5 Å². The highest BCUT2D eigenvalue weighted by atomic mass is 79.9. The van der Waals surface area contributed by atoms with Crippen molar-refractivity contribution in [3.05, 3.63) is 62.7 Å². The molecule has 9 nitrogen and oxygen atoms in total. The lowest BCUT2D eigenvalue weighted by Gasteiger charge is -2.17. The van der Waals surface area contributed by atoms with Crippen LogP contribution in [0.2, 0.25) is 5.02 Å². The van der Waals surface area contributed by atoms with E-state index in [1.807, 2.05) is 36.4 Å².